The summed E-state index contributed by atoms with van der Waals surface area (Å²) in [6.45, 7) is 3.76. The second kappa shape index (κ2) is 13.0. The fraction of sp³-hybridized carbons (Fsp3) is 0.351. The molecule has 2 fully saturated rings. The summed E-state index contributed by atoms with van der Waals surface area (Å²) in [6, 6.07) is 23.5. The lowest BCUT2D eigenvalue weighted by molar-refractivity contribution is 0.107. The lowest BCUT2D eigenvalue weighted by Gasteiger charge is -2.51. The molecule has 0 amide bonds. The molecule has 5 heterocycles. The van der Waals surface area contributed by atoms with Crippen molar-refractivity contribution in [3.8, 4) is 10.4 Å². The zero-order chi connectivity index (χ0) is 32.0. The number of aryl methyl sites for hydroxylation is 1. The second-order valence-corrected chi connectivity index (χ2v) is 17.9. The average molecular weight is 684 g/mol. The minimum absolute atomic E-state index is 0.0527. The third-order valence-electron chi connectivity index (χ3n) is 9.58. The first kappa shape index (κ1) is 31.0. The molecule has 47 heavy (non-hydrogen) atoms. The summed E-state index contributed by atoms with van der Waals surface area (Å²) < 4.78 is 17.8. The number of benzene rings is 3. The Bertz CT molecular complexity index is 1930. The molecule has 3 unspecified atom stereocenters. The maximum Gasteiger partial charge on any atom is 0.243 e. The largest absolute Gasteiger partial charge is 0.314 e. The van der Waals surface area contributed by atoms with E-state index in [0.29, 0.717) is 5.69 Å². The van der Waals surface area contributed by atoms with Crippen LogP contribution in [0.5, 0.6) is 0 Å². The maximum atomic E-state index is 15.8. The zero-order valence-electron chi connectivity index (χ0n) is 26.5. The zero-order valence-corrected chi connectivity index (χ0v) is 28.9. The van der Waals surface area contributed by atoms with Gasteiger partial charge in [-0.2, -0.15) is 0 Å². The molecule has 0 radical (unpaired) electrons. The molecule has 0 bridgehead atoms. The summed E-state index contributed by atoms with van der Waals surface area (Å²) >= 11 is 3.27. The highest BCUT2D eigenvalue weighted by Gasteiger charge is 2.53. The van der Waals surface area contributed by atoms with Crippen molar-refractivity contribution in [1.29, 1.82) is 0 Å². The van der Waals surface area contributed by atoms with Crippen LogP contribution in [0.1, 0.15) is 65.4 Å². The summed E-state index contributed by atoms with van der Waals surface area (Å²) in [4.78, 5) is 33.1. The van der Waals surface area contributed by atoms with Gasteiger partial charge in [-0.05, 0) is 91.3 Å². The van der Waals surface area contributed by atoms with Crippen molar-refractivity contribution in [2.24, 2.45) is 4.99 Å². The van der Waals surface area contributed by atoms with Crippen LogP contribution < -0.4 is 5.32 Å². The van der Waals surface area contributed by atoms with Crippen LogP contribution in [0.15, 0.2) is 82.7 Å². The van der Waals surface area contributed by atoms with Crippen LogP contribution in [0, 0.1) is 12.7 Å². The van der Waals surface area contributed by atoms with Gasteiger partial charge in [-0.1, -0.05) is 49.2 Å². The number of thiazole rings is 2. The molecule has 0 aliphatic carbocycles. The third kappa shape index (κ3) is 5.68. The fourth-order valence-electron chi connectivity index (χ4n) is 7.43. The first-order valence-corrected chi connectivity index (χ1v) is 19.9. The van der Waals surface area contributed by atoms with Crippen molar-refractivity contribution < 1.29 is 9.18 Å². The highest BCUT2D eigenvalue weighted by atomic mass is 32.3. The summed E-state index contributed by atoms with van der Waals surface area (Å²) in [5.74, 6) is -0.296. The molecule has 5 aromatic rings. The number of piperidine rings is 2. The van der Waals surface area contributed by atoms with Gasteiger partial charge in [0.1, 0.15) is 11.5 Å². The number of aromatic nitrogens is 2. The Balaban J connectivity index is 1.30. The molecule has 3 aliphatic rings. The van der Waals surface area contributed by atoms with Crippen molar-refractivity contribution in [3.05, 3.63) is 94.3 Å². The smallest absolute Gasteiger partial charge is 0.243 e. The quantitative estimate of drug-likeness (QED) is 0.185. The van der Waals surface area contributed by atoms with Crippen molar-refractivity contribution in [2.75, 3.05) is 13.1 Å². The Morgan fingerprint density at radius 1 is 0.936 bits per heavy atom. The number of hydrogen-bond donors (Lipinski definition) is 1. The molecular weight excluding hydrogens is 646 g/mol. The van der Waals surface area contributed by atoms with Crippen molar-refractivity contribution in [1.82, 2.24) is 19.6 Å². The molecule has 0 saturated carbocycles. The van der Waals surface area contributed by atoms with Crippen LogP contribution >= 0.6 is 32.9 Å². The molecule has 242 valence electrons. The predicted octanol–water partition coefficient (Wildman–Crippen LogP) is 9.46. The molecule has 10 heteroatoms. The van der Waals surface area contributed by atoms with E-state index in [0.717, 1.165) is 93.2 Å². The molecule has 0 spiro atoms. The molecule has 8 rings (SSSR count). The number of rotatable bonds is 7. The van der Waals surface area contributed by atoms with E-state index in [1.807, 2.05) is 19.1 Å². The molecule has 2 aromatic heterocycles. The summed E-state index contributed by atoms with van der Waals surface area (Å²) in [7, 11) is -2.47. The lowest BCUT2D eigenvalue weighted by Crippen LogP contribution is -2.48. The van der Waals surface area contributed by atoms with Crippen molar-refractivity contribution in [3.63, 3.8) is 0 Å². The highest BCUT2D eigenvalue weighted by Crippen LogP contribution is 2.70. The van der Waals surface area contributed by atoms with Gasteiger partial charge in [-0.3, -0.25) is 4.79 Å². The maximum absolute atomic E-state index is 15.8. The van der Waals surface area contributed by atoms with Gasteiger partial charge in [0.05, 0.1) is 35.8 Å². The third-order valence-corrected chi connectivity index (χ3v) is 15.5. The number of hydrogen-bond acceptors (Lipinski definition) is 8. The monoisotopic (exact) mass is 683 g/mol. The molecule has 6 nitrogen and oxygen atoms in total. The van der Waals surface area contributed by atoms with Crippen LogP contribution in [0.4, 0.5) is 10.1 Å². The minimum Gasteiger partial charge on any atom is -0.314 e. The Kier molecular flexibility index (Phi) is 8.56. The van der Waals surface area contributed by atoms with Gasteiger partial charge in [-0.25, -0.2) is 23.7 Å². The lowest BCUT2D eigenvalue weighted by atomic mass is 10.0. The van der Waals surface area contributed by atoms with Gasteiger partial charge in [0.2, 0.25) is 5.12 Å². The Hall–Kier alpha value is -3.28. The van der Waals surface area contributed by atoms with E-state index < -0.39 is 10.2 Å². The number of aliphatic imine (C=N–C) groups is 1. The summed E-state index contributed by atoms with van der Waals surface area (Å²) in [5, 5.41) is 6.73. The normalized spacial score (nSPS) is 24.5. The van der Waals surface area contributed by atoms with Gasteiger partial charge in [0, 0.05) is 36.4 Å². The Morgan fingerprint density at radius 2 is 1.74 bits per heavy atom. The number of halogens is 1. The van der Waals surface area contributed by atoms with Crippen LogP contribution in [0.2, 0.25) is 0 Å². The van der Waals surface area contributed by atoms with Gasteiger partial charge >= 0.3 is 0 Å². The first-order valence-electron chi connectivity index (χ1n) is 16.6. The van der Waals surface area contributed by atoms with E-state index in [2.05, 4.69) is 46.0 Å². The number of nitrogens with zero attached hydrogens (tertiary/aromatic N) is 4. The van der Waals surface area contributed by atoms with Gasteiger partial charge in [0.15, 0.2) is 0 Å². The number of carbonyl (C=O) groups is 1. The molecule has 1 N–H and O–H groups in total. The van der Waals surface area contributed by atoms with E-state index in [1.54, 1.807) is 23.5 Å². The van der Waals surface area contributed by atoms with Gasteiger partial charge < -0.3 is 5.32 Å². The van der Waals surface area contributed by atoms with Crippen LogP contribution in [-0.2, 0) is 6.42 Å². The SMILES string of the molecule is Cc1nc(C(=O)S2(N3CCCCC3Cc3nc4ccccc4s3)C(CC3CCCCN3)=Nc3ccccc32)c(-c2ccc(F)cc2)s1. The van der Waals surface area contributed by atoms with Crippen LogP contribution in [0.3, 0.4) is 0 Å². The van der Waals surface area contributed by atoms with E-state index in [4.69, 9.17) is 15.0 Å². The molecule has 3 atom stereocenters. The number of carbonyl (C=O) groups excluding carboxylic acids is 1. The van der Waals surface area contributed by atoms with Crippen molar-refractivity contribution >= 4 is 59.0 Å². The van der Waals surface area contributed by atoms with E-state index in [9.17, 15) is 4.39 Å². The number of nitrogens with one attached hydrogen (secondary N) is 1. The van der Waals surface area contributed by atoms with Gasteiger partial charge in [0.25, 0.3) is 0 Å². The van der Waals surface area contributed by atoms with Crippen LogP contribution in [-0.4, -0.2) is 49.6 Å². The fourth-order valence-corrected chi connectivity index (χ4v) is 13.7. The standard InChI is InChI=1S/C37H38FN5OS3/c1-24-40-35(36(45-24)25-16-18-26(38)19-17-25)37(44)47(32-15-5-3-13-30(32)42-34(47)22-27-10-6-8-20-39-27)43-21-9-7-11-28(43)23-33-41-29-12-2-4-14-31(29)46-33/h2-5,12-19,27-28,39H,6-11,20-23H2,1H3. The Morgan fingerprint density at radius 3 is 2.57 bits per heavy atom. The molecule has 3 aromatic carbocycles. The molecule has 2 saturated heterocycles. The van der Waals surface area contributed by atoms with E-state index in [1.165, 1.54) is 41.0 Å². The Labute approximate surface area is 284 Å². The van der Waals surface area contributed by atoms with Crippen LogP contribution in [0.25, 0.3) is 20.7 Å². The predicted molar refractivity (Wildman–Crippen MR) is 194 cm³/mol. The van der Waals surface area contributed by atoms with E-state index >= 15 is 4.79 Å². The average Bonchev–Trinajstić information content (AvgIpc) is 3.78. The molecular formula is C37H38FN5OS3. The van der Waals surface area contributed by atoms with Gasteiger partial charge in [-0.15, -0.1) is 22.7 Å². The van der Waals surface area contributed by atoms with E-state index in [-0.39, 0.29) is 23.0 Å². The topological polar surface area (TPSA) is 70.5 Å². The molecule has 3 aliphatic heterocycles. The first-order chi connectivity index (χ1) is 23.0. The second-order valence-electron chi connectivity index (χ2n) is 12.7. The highest BCUT2D eigenvalue weighted by molar-refractivity contribution is 8.54. The minimum atomic E-state index is -2.47. The summed E-state index contributed by atoms with van der Waals surface area (Å²) in [5.41, 5.74) is 3.24. The van der Waals surface area contributed by atoms with Crippen molar-refractivity contribution in [2.45, 2.75) is 75.3 Å². The number of para-hydroxylation sites is 2. The number of fused-ring (bicyclic) bond motifs is 2. The summed E-state index contributed by atoms with van der Waals surface area (Å²) in [6.07, 6.45) is 8.09.